The molecule has 0 saturated carbocycles. The van der Waals surface area contributed by atoms with Crippen molar-refractivity contribution in [2.75, 3.05) is 11.5 Å². The predicted molar refractivity (Wildman–Crippen MR) is 48.1 cm³/mol. The number of thioether (sulfide) groups is 1. The molecule has 68 valence electrons. The van der Waals surface area contributed by atoms with E-state index in [0.29, 0.717) is 17.9 Å². The molecule has 1 atom stereocenters. The van der Waals surface area contributed by atoms with Crippen molar-refractivity contribution in [1.29, 1.82) is 0 Å². The van der Waals surface area contributed by atoms with Gasteiger partial charge in [-0.25, -0.2) is 4.79 Å². The van der Waals surface area contributed by atoms with Crippen molar-refractivity contribution in [3.05, 3.63) is 12.7 Å². The summed E-state index contributed by atoms with van der Waals surface area (Å²) in [6, 6.07) is -0.799. The van der Waals surface area contributed by atoms with E-state index in [1.165, 1.54) is 11.8 Å². The lowest BCUT2D eigenvalue weighted by Gasteiger charge is -2.08. The van der Waals surface area contributed by atoms with Crippen LogP contribution in [-0.4, -0.2) is 35.0 Å². The summed E-state index contributed by atoms with van der Waals surface area (Å²) >= 11 is 1.41. The molecule has 0 aromatic carbocycles. The second-order valence-corrected chi connectivity index (χ2v) is 3.08. The Kier molecular flexibility index (Phi) is 6.18. The van der Waals surface area contributed by atoms with Gasteiger partial charge < -0.3 is 10.4 Å². The number of carbonyl (C=O) groups is 2. The standard InChI is InChI=1S/C7H11NO3S/c1-2-3-12-4-6(7(10)11)8-5-9/h2,5-6H,1,3-4H2,(H,8,9)(H,10,11). The smallest absolute Gasteiger partial charge is 0.327 e. The van der Waals surface area contributed by atoms with Gasteiger partial charge in [0.15, 0.2) is 0 Å². The average molecular weight is 189 g/mol. The molecule has 0 rings (SSSR count). The van der Waals surface area contributed by atoms with E-state index in [1.54, 1.807) is 6.08 Å². The number of aliphatic carboxylic acids is 1. The second kappa shape index (κ2) is 6.72. The number of hydrogen-bond acceptors (Lipinski definition) is 3. The van der Waals surface area contributed by atoms with Crippen LogP contribution in [0.5, 0.6) is 0 Å². The summed E-state index contributed by atoms with van der Waals surface area (Å²) in [5, 5.41) is 10.7. The SMILES string of the molecule is C=CCSCC(NC=O)C(=O)O. The molecule has 0 aliphatic rings. The molecule has 0 saturated heterocycles. The van der Waals surface area contributed by atoms with Crippen molar-refractivity contribution >= 4 is 24.1 Å². The summed E-state index contributed by atoms with van der Waals surface area (Å²) < 4.78 is 0. The second-order valence-electron chi connectivity index (χ2n) is 2.00. The molecule has 12 heavy (non-hydrogen) atoms. The maximum atomic E-state index is 10.4. The quantitative estimate of drug-likeness (QED) is 0.339. The summed E-state index contributed by atoms with van der Waals surface area (Å²) in [5.74, 6) is 0.0309. The molecule has 0 bridgehead atoms. The van der Waals surface area contributed by atoms with Crippen LogP contribution in [0.15, 0.2) is 12.7 Å². The van der Waals surface area contributed by atoms with Crippen molar-refractivity contribution in [2.24, 2.45) is 0 Å². The maximum absolute atomic E-state index is 10.4. The number of amides is 1. The molecule has 5 heteroatoms. The first kappa shape index (κ1) is 11.0. The third-order valence-corrected chi connectivity index (χ3v) is 2.13. The van der Waals surface area contributed by atoms with Gasteiger partial charge in [-0.1, -0.05) is 6.08 Å². The Bertz CT molecular complexity index is 172. The van der Waals surface area contributed by atoms with Gasteiger partial charge in [-0.3, -0.25) is 4.79 Å². The van der Waals surface area contributed by atoms with Crippen molar-refractivity contribution in [2.45, 2.75) is 6.04 Å². The summed E-state index contributed by atoms with van der Waals surface area (Å²) in [6.45, 7) is 3.49. The van der Waals surface area contributed by atoms with Gasteiger partial charge in [0.05, 0.1) is 0 Å². The van der Waals surface area contributed by atoms with E-state index in [2.05, 4.69) is 11.9 Å². The summed E-state index contributed by atoms with van der Waals surface area (Å²) in [6.07, 6.45) is 2.08. The van der Waals surface area contributed by atoms with E-state index >= 15 is 0 Å². The van der Waals surface area contributed by atoms with Gasteiger partial charge in [0.2, 0.25) is 6.41 Å². The molecule has 2 N–H and O–H groups in total. The molecule has 0 aliphatic carbocycles. The van der Waals surface area contributed by atoms with Crippen LogP contribution >= 0.6 is 11.8 Å². The van der Waals surface area contributed by atoms with E-state index in [-0.39, 0.29) is 0 Å². The molecule has 0 aromatic heterocycles. The minimum Gasteiger partial charge on any atom is -0.480 e. The van der Waals surface area contributed by atoms with Crippen LogP contribution < -0.4 is 5.32 Å². The Morgan fingerprint density at radius 1 is 1.75 bits per heavy atom. The first-order valence-electron chi connectivity index (χ1n) is 3.33. The fourth-order valence-electron chi connectivity index (χ4n) is 0.542. The fourth-order valence-corrected chi connectivity index (χ4v) is 1.32. The highest BCUT2D eigenvalue weighted by Crippen LogP contribution is 2.02. The molecular formula is C7H11NO3S. The van der Waals surface area contributed by atoms with Gasteiger partial charge in [-0.05, 0) is 0 Å². The molecule has 1 unspecified atom stereocenters. The zero-order valence-electron chi connectivity index (χ0n) is 6.53. The highest BCUT2D eigenvalue weighted by Gasteiger charge is 2.14. The minimum atomic E-state index is -1.02. The Labute approximate surface area is 75.0 Å². The Balaban J connectivity index is 3.70. The zero-order valence-corrected chi connectivity index (χ0v) is 7.34. The Morgan fingerprint density at radius 2 is 2.42 bits per heavy atom. The van der Waals surface area contributed by atoms with Crippen LogP contribution in [0.3, 0.4) is 0 Å². The van der Waals surface area contributed by atoms with Crippen LogP contribution in [0, 0.1) is 0 Å². The summed E-state index contributed by atoms with van der Waals surface area (Å²) in [7, 11) is 0. The fraction of sp³-hybridized carbons (Fsp3) is 0.429. The highest BCUT2D eigenvalue weighted by atomic mass is 32.2. The lowest BCUT2D eigenvalue weighted by atomic mass is 10.3. The lowest BCUT2D eigenvalue weighted by Crippen LogP contribution is -2.37. The van der Waals surface area contributed by atoms with Crippen LogP contribution in [-0.2, 0) is 9.59 Å². The molecule has 0 aromatic rings. The minimum absolute atomic E-state index is 0.361. The Morgan fingerprint density at radius 3 is 2.83 bits per heavy atom. The molecular weight excluding hydrogens is 178 g/mol. The van der Waals surface area contributed by atoms with E-state index < -0.39 is 12.0 Å². The molecule has 0 fully saturated rings. The van der Waals surface area contributed by atoms with Crippen molar-refractivity contribution in [3.8, 4) is 0 Å². The number of hydrogen-bond donors (Lipinski definition) is 2. The molecule has 0 heterocycles. The number of rotatable bonds is 7. The normalized spacial score (nSPS) is 11.7. The largest absolute Gasteiger partial charge is 0.480 e. The van der Waals surface area contributed by atoms with Crippen molar-refractivity contribution in [1.82, 2.24) is 5.32 Å². The molecule has 4 nitrogen and oxygen atoms in total. The first-order chi connectivity index (χ1) is 5.72. The molecule has 1 amide bonds. The Hall–Kier alpha value is -0.970. The van der Waals surface area contributed by atoms with E-state index in [4.69, 9.17) is 5.11 Å². The van der Waals surface area contributed by atoms with Crippen molar-refractivity contribution < 1.29 is 14.7 Å². The number of nitrogens with one attached hydrogen (secondary N) is 1. The third kappa shape index (κ3) is 4.79. The number of carboxylic acid groups (broad SMARTS) is 1. The van der Waals surface area contributed by atoms with Crippen LogP contribution in [0.25, 0.3) is 0 Å². The van der Waals surface area contributed by atoms with Gasteiger partial charge in [0.25, 0.3) is 0 Å². The van der Waals surface area contributed by atoms with Crippen LogP contribution in [0.1, 0.15) is 0 Å². The average Bonchev–Trinajstić information content (AvgIpc) is 2.03. The van der Waals surface area contributed by atoms with Gasteiger partial charge >= 0.3 is 5.97 Å². The summed E-state index contributed by atoms with van der Waals surface area (Å²) in [5.41, 5.74) is 0. The molecule has 0 radical (unpaired) electrons. The molecule has 0 spiro atoms. The highest BCUT2D eigenvalue weighted by molar-refractivity contribution is 7.99. The van der Waals surface area contributed by atoms with Crippen LogP contribution in [0.4, 0.5) is 0 Å². The van der Waals surface area contributed by atoms with Crippen molar-refractivity contribution in [3.63, 3.8) is 0 Å². The van der Waals surface area contributed by atoms with Gasteiger partial charge in [0.1, 0.15) is 6.04 Å². The predicted octanol–water partition coefficient (Wildman–Crippen LogP) is 0.105. The van der Waals surface area contributed by atoms with Crippen LogP contribution in [0.2, 0.25) is 0 Å². The lowest BCUT2D eigenvalue weighted by molar-refractivity contribution is -0.139. The monoisotopic (exact) mass is 189 g/mol. The van der Waals surface area contributed by atoms with E-state index in [9.17, 15) is 9.59 Å². The first-order valence-corrected chi connectivity index (χ1v) is 4.49. The van der Waals surface area contributed by atoms with Gasteiger partial charge in [-0.15, -0.1) is 6.58 Å². The zero-order chi connectivity index (χ0) is 9.40. The molecule has 0 aliphatic heterocycles. The summed E-state index contributed by atoms with van der Waals surface area (Å²) in [4.78, 5) is 20.4. The van der Waals surface area contributed by atoms with Gasteiger partial charge in [-0.2, -0.15) is 11.8 Å². The van der Waals surface area contributed by atoms with Gasteiger partial charge in [0, 0.05) is 11.5 Å². The van der Waals surface area contributed by atoms with E-state index in [0.717, 1.165) is 0 Å². The third-order valence-electron chi connectivity index (χ3n) is 1.09. The number of carboxylic acids is 1. The number of carbonyl (C=O) groups excluding carboxylic acids is 1. The van der Waals surface area contributed by atoms with E-state index in [1.807, 2.05) is 0 Å². The topological polar surface area (TPSA) is 66.4 Å². The maximum Gasteiger partial charge on any atom is 0.327 e.